The van der Waals surface area contributed by atoms with E-state index in [9.17, 15) is 4.79 Å². The summed E-state index contributed by atoms with van der Waals surface area (Å²) in [5.41, 5.74) is 12.0. The minimum absolute atomic E-state index is 0.0177. The second kappa shape index (κ2) is 3.44. The van der Waals surface area contributed by atoms with Gasteiger partial charge in [-0.2, -0.15) is 0 Å². The Kier molecular flexibility index (Phi) is 2.30. The number of rotatable bonds is 1. The fraction of sp³-hybridized carbons (Fsp3) is 0.364. The van der Waals surface area contributed by atoms with Crippen LogP contribution in [-0.4, -0.2) is 20.4 Å². The summed E-state index contributed by atoms with van der Waals surface area (Å²) in [7, 11) is 0. The van der Waals surface area contributed by atoms with Gasteiger partial charge in [0.2, 0.25) is 0 Å². The number of amides is 1. The molecular weight excluding hydrogens is 218 g/mol. The lowest BCUT2D eigenvalue weighted by Crippen LogP contribution is -2.22. The lowest BCUT2D eigenvalue weighted by Gasteiger charge is -2.21. The predicted molar refractivity (Wildman–Crippen MR) is 65.5 cm³/mol. The third-order valence-corrected chi connectivity index (χ3v) is 2.50. The maximum atomic E-state index is 11.1. The molecule has 0 saturated heterocycles. The van der Waals surface area contributed by atoms with Crippen LogP contribution in [0.4, 0.5) is 5.82 Å². The monoisotopic (exact) mass is 233 g/mol. The molecule has 0 bridgehead atoms. The number of nitrogens with zero attached hydrogens (tertiary/aromatic N) is 3. The van der Waals surface area contributed by atoms with E-state index in [2.05, 4.69) is 9.97 Å². The number of anilines is 1. The van der Waals surface area contributed by atoms with E-state index in [0.29, 0.717) is 11.2 Å². The first-order chi connectivity index (χ1) is 7.80. The molecule has 0 aliphatic heterocycles. The summed E-state index contributed by atoms with van der Waals surface area (Å²) in [6.07, 6.45) is 1.87. The standard InChI is InChI=1S/C11H15N5O/c1-11(2,3)16-5-4-6-10(16)15-8(12)7(14-6)9(13)17/h4-5H,1-3H3,(H2,12,15)(H2,13,17). The van der Waals surface area contributed by atoms with Crippen molar-refractivity contribution in [2.45, 2.75) is 26.3 Å². The Morgan fingerprint density at radius 2 is 2.00 bits per heavy atom. The van der Waals surface area contributed by atoms with Gasteiger partial charge >= 0.3 is 0 Å². The smallest absolute Gasteiger partial charge is 0.271 e. The number of nitrogens with two attached hydrogens (primary N) is 2. The predicted octanol–water partition coefficient (Wildman–Crippen LogP) is 0.867. The number of primary amides is 1. The second-order valence-corrected chi connectivity index (χ2v) is 4.89. The summed E-state index contributed by atoms with van der Waals surface area (Å²) in [4.78, 5) is 19.4. The van der Waals surface area contributed by atoms with Gasteiger partial charge in [0.25, 0.3) is 5.91 Å². The molecule has 0 unspecified atom stereocenters. The quantitative estimate of drug-likeness (QED) is 0.763. The highest BCUT2D eigenvalue weighted by atomic mass is 16.1. The van der Waals surface area contributed by atoms with Crippen molar-refractivity contribution < 1.29 is 4.79 Å². The molecule has 0 saturated carbocycles. The maximum absolute atomic E-state index is 11.1. The molecule has 90 valence electrons. The zero-order valence-corrected chi connectivity index (χ0v) is 10.1. The molecule has 6 nitrogen and oxygen atoms in total. The number of hydrogen-bond donors (Lipinski definition) is 2. The molecule has 1 amide bonds. The van der Waals surface area contributed by atoms with Crippen LogP contribution >= 0.6 is 0 Å². The van der Waals surface area contributed by atoms with E-state index in [0.717, 1.165) is 0 Å². The van der Waals surface area contributed by atoms with E-state index in [4.69, 9.17) is 11.5 Å². The molecule has 0 aromatic carbocycles. The number of hydrogen-bond acceptors (Lipinski definition) is 4. The van der Waals surface area contributed by atoms with Crippen LogP contribution < -0.4 is 11.5 Å². The van der Waals surface area contributed by atoms with Crippen molar-refractivity contribution in [2.24, 2.45) is 5.73 Å². The van der Waals surface area contributed by atoms with Gasteiger partial charge < -0.3 is 16.0 Å². The second-order valence-electron chi connectivity index (χ2n) is 4.89. The summed E-state index contributed by atoms with van der Waals surface area (Å²) in [6.45, 7) is 6.14. The zero-order valence-electron chi connectivity index (χ0n) is 10.1. The Hall–Kier alpha value is -2.11. The van der Waals surface area contributed by atoms with Crippen LogP contribution in [0.2, 0.25) is 0 Å². The highest BCUT2D eigenvalue weighted by Gasteiger charge is 2.19. The van der Waals surface area contributed by atoms with Crippen molar-refractivity contribution in [2.75, 3.05) is 5.73 Å². The average molecular weight is 233 g/mol. The number of aromatic nitrogens is 3. The fourth-order valence-electron chi connectivity index (χ4n) is 1.68. The van der Waals surface area contributed by atoms with Crippen LogP contribution in [0.1, 0.15) is 31.3 Å². The van der Waals surface area contributed by atoms with Crippen LogP contribution in [0.3, 0.4) is 0 Å². The van der Waals surface area contributed by atoms with Crippen molar-refractivity contribution in [3.8, 4) is 0 Å². The molecule has 0 aliphatic rings. The maximum Gasteiger partial charge on any atom is 0.271 e. The minimum Gasteiger partial charge on any atom is -0.382 e. The first-order valence-corrected chi connectivity index (χ1v) is 5.25. The normalized spacial score (nSPS) is 11.9. The van der Waals surface area contributed by atoms with E-state index < -0.39 is 5.91 Å². The molecule has 0 fully saturated rings. The van der Waals surface area contributed by atoms with Crippen molar-refractivity contribution in [3.05, 3.63) is 18.0 Å². The largest absolute Gasteiger partial charge is 0.382 e. The zero-order chi connectivity index (χ0) is 12.8. The average Bonchev–Trinajstić information content (AvgIpc) is 2.57. The van der Waals surface area contributed by atoms with Gasteiger partial charge in [0.05, 0.1) is 0 Å². The van der Waals surface area contributed by atoms with Gasteiger partial charge in [-0.05, 0) is 26.8 Å². The van der Waals surface area contributed by atoms with E-state index in [1.807, 2.05) is 31.5 Å². The number of fused-ring (bicyclic) bond motifs is 1. The Bertz CT molecular complexity index is 594. The Morgan fingerprint density at radius 1 is 1.35 bits per heavy atom. The third-order valence-electron chi connectivity index (χ3n) is 2.50. The van der Waals surface area contributed by atoms with E-state index in [1.54, 1.807) is 6.07 Å². The topological polar surface area (TPSA) is 99.8 Å². The van der Waals surface area contributed by atoms with Crippen molar-refractivity contribution >= 4 is 22.9 Å². The number of carbonyl (C=O) groups is 1. The molecule has 4 N–H and O–H groups in total. The van der Waals surface area contributed by atoms with Gasteiger partial charge in [-0.15, -0.1) is 0 Å². The van der Waals surface area contributed by atoms with Gasteiger partial charge in [0.1, 0.15) is 5.52 Å². The van der Waals surface area contributed by atoms with Gasteiger partial charge in [0.15, 0.2) is 17.2 Å². The summed E-state index contributed by atoms with van der Waals surface area (Å²) in [5, 5.41) is 0. The van der Waals surface area contributed by atoms with Crippen LogP contribution in [-0.2, 0) is 5.54 Å². The molecule has 6 heteroatoms. The summed E-state index contributed by atoms with van der Waals surface area (Å²) >= 11 is 0. The van der Waals surface area contributed by atoms with Gasteiger partial charge in [-0.3, -0.25) is 4.79 Å². The van der Waals surface area contributed by atoms with Crippen molar-refractivity contribution in [1.82, 2.24) is 14.5 Å². The first-order valence-electron chi connectivity index (χ1n) is 5.25. The molecule has 17 heavy (non-hydrogen) atoms. The van der Waals surface area contributed by atoms with Gasteiger partial charge in [-0.1, -0.05) is 0 Å². The van der Waals surface area contributed by atoms with Crippen molar-refractivity contribution in [1.29, 1.82) is 0 Å². The molecule has 2 aromatic heterocycles. The van der Waals surface area contributed by atoms with Crippen LogP contribution in [0.15, 0.2) is 12.3 Å². The highest BCUT2D eigenvalue weighted by molar-refractivity contribution is 5.97. The Balaban J connectivity index is 2.73. The lowest BCUT2D eigenvalue weighted by atomic mass is 10.1. The molecule has 0 spiro atoms. The summed E-state index contributed by atoms with van der Waals surface area (Å²) in [5.74, 6) is -0.602. The number of carbonyl (C=O) groups excluding carboxylic acids is 1. The van der Waals surface area contributed by atoms with Gasteiger partial charge in [0, 0.05) is 11.7 Å². The fourth-order valence-corrected chi connectivity index (χ4v) is 1.68. The van der Waals surface area contributed by atoms with Crippen LogP contribution in [0.25, 0.3) is 11.2 Å². The first kappa shape index (κ1) is 11.4. The Morgan fingerprint density at radius 3 is 2.53 bits per heavy atom. The molecule has 0 aliphatic carbocycles. The lowest BCUT2D eigenvalue weighted by molar-refractivity contribution is 0.0996. The van der Waals surface area contributed by atoms with Crippen LogP contribution in [0.5, 0.6) is 0 Å². The van der Waals surface area contributed by atoms with Crippen molar-refractivity contribution in [3.63, 3.8) is 0 Å². The molecule has 2 aromatic rings. The molecular formula is C11H15N5O. The SMILES string of the molecule is CC(C)(C)n1ccc2nc(C(N)=O)c(N)nc21. The molecule has 2 rings (SSSR count). The number of nitrogen functional groups attached to an aromatic ring is 1. The van der Waals surface area contributed by atoms with E-state index >= 15 is 0 Å². The van der Waals surface area contributed by atoms with Gasteiger partial charge in [-0.25, -0.2) is 9.97 Å². The highest BCUT2D eigenvalue weighted by Crippen LogP contribution is 2.22. The minimum atomic E-state index is -0.666. The van der Waals surface area contributed by atoms with E-state index in [-0.39, 0.29) is 17.1 Å². The third kappa shape index (κ3) is 1.82. The molecule has 0 atom stereocenters. The Labute approximate surface area is 98.6 Å². The van der Waals surface area contributed by atoms with Crippen LogP contribution in [0, 0.1) is 0 Å². The van der Waals surface area contributed by atoms with E-state index in [1.165, 1.54) is 0 Å². The summed E-state index contributed by atoms with van der Waals surface area (Å²) in [6, 6.07) is 1.79. The summed E-state index contributed by atoms with van der Waals surface area (Å²) < 4.78 is 1.95. The molecule has 0 radical (unpaired) electrons. The molecule has 2 heterocycles.